The third-order valence-corrected chi connectivity index (χ3v) is 4.82. The number of aromatic amines is 1. The molecule has 0 aliphatic rings. The molecule has 7 heteroatoms. The Hall–Kier alpha value is -2.70. The number of carboxylic acid groups (broad SMARTS) is 1. The molecule has 1 atom stereocenters. The number of aliphatic carboxylic acids is 1. The predicted molar refractivity (Wildman–Crippen MR) is 114 cm³/mol. The molecule has 6 nitrogen and oxygen atoms in total. The van der Waals surface area contributed by atoms with Crippen LogP contribution in [0.25, 0.3) is 10.9 Å². The van der Waals surface area contributed by atoms with Crippen LogP contribution in [0.4, 0.5) is 0 Å². The molecule has 0 fully saturated rings. The largest absolute Gasteiger partial charge is 0.493 e. The topological polar surface area (TPSA) is 83.6 Å². The van der Waals surface area contributed by atoms with Gasteiger partial charge in [0.15, 0.2) is 11.5 Å². The molecule has 0 aliphatic carbocycles. The lowest BCUT2D eigenvalue weighted by atomic mass is 10.0. The summed E-state index contributed by atoms with van der Waals surface area (Å²) in [7, 11) is 1.55. The van der Waals surface area contributed by atoms with E-state index in [1.807, 2.05) is 44.3 Å². The monoisotopic (exact) mass is 416 g/mol. The van der Waals surface area contributed by atoms with Crippen molar-refractivity contribution < 1.29 is 19.4 Å². The van der Waals surface area contributed by atoms with Crippen molar-refractivity contribution in [3.63, 3.8) is 0 Å². The summed E-state index contributed by atoms with van der Waals surface area (Å²) in [5.41, 5.74) is 2.68. The minimum Gasteiger partial charge on any atom is -0.493 e. The summed E-state index contributed by atoms with van der Waals surface area (Å²) >= 11 is 6.21. The molecule has 3 rings (SSSR count). The minimum absolute atomic E-state index is 0.0645. The molecule has 1 heterocycles. The van der Waals surface area contributed by atoms with E-state index in [9.17, 15) is 9.90 Å². The number of carboxylic acids is 1. The lowest BCUT2D eigenvalue weighted by Gasteiger charge is -2.20. The minimum atomic E-state index is -0.921. The van der Waals surface area contributed by atoms with Crippen molar-refractivity contribution in [3.05, 3.63) is 58.7 Å². The number of carbonyl (C=O) groups is 1. The fraction of sp³-hybridized carbons (Fsp3) is 0.318. The van der Waals surface area contributed by atoms with Gasteiger partial charge in [0.25, 0.3) is 0 Å². The highest BCUT2D eigenvalue weighted by molar-refractivity contribution is 6.30. The Morgan fingerprint density at radius 1 is 1.24 bits per heavy atom. The van der Waals surface area contributed by atoms with Gasteiger partial charge in [0, 0.05) is 46.7 Å². The standard InChI is InChI=1S/C22H25ClN2O4/c1-13(2)29-21-15(8-16(23)10-20(21)28-3)12-25-19(22(26)27)9-14-11-24-18-7-5-4-6-17(14)18/h4-8,10-11,13,19,24-25H,9,12H2,1-3H3,(H,26,27). The maximum atomic E-state index is 11.9. The maximum Gasteiger partial charge on any atom is 0.321 e. The Labute approximate surface area is 174 Å². The number of methoxy groups -OCH3 is 1. The van der Waals surface area contributed by atoms with Gasteiger partial charge in [-0.3, -0.25) is 10.1 Å². The zero-order chi connectivity index (χ0) is 21.0. The van der Waals surface area contributed by atoms with Crippen LogP contribution in [-0.2, 0) is 17.8 Å². The summed E-state index contributed by atoms with van der Waals surface area (Å²) in [6.07, 6.45) is 2.14. The molecular weight excluding hydrogens is 392 g/mol. The lowest BCUT2D eigenvalue weighted by Crippen LogP contribution is -2.38. The van der Waals surface area contributed by atoms with Crippen LogP contribution >= 0.6 is 11.6 Å². The maximum absolute atomic E-state index is 11.9. The SMILES string of the molecule is COc1cc(Cl)cc(CNC(Cc2c[nH]c3ccccc23)C(=O)O)c1OC(C)C. The van der Waals surface area contributed by atoms with E-state index < -0.39 is 12.0 Å². The first-order valence-corrected chi connectivity index (χ1v) is 9.81. The van der Waals surface area contributed by atoms with Gasteiger partial charge < -0.3 is 19.6 Å². The van der Waals surface area contributed by atoms with Crippen LogP contribution in [0.3, 0.4) is 0 Å². The average molecular weight is 417 g/mol. The van der Waals surface area contributed by atoms with E-state index in [2.05, 4.69) is 10.3 Å². The molecule has 0 saturated carbocycles. The Balaban J connectivity index is 1.82. The first kappa shape index (κ1) is 21.0. The van der Waals surface area contributed by atoms with Crippen LogP contribution in [0.2, 0.25) is 5.02 Å². The summed E-state index contributed by atoms with van der Waals surface area (Å²) in [4.78, 5) is 15.1. The van der Waals surface area contributed by atoms with E-state index in [-0.39, 0.29) is 12.6 Å². The van der Waals surface area contributed by atoms with Crippen molar-refractivity contribution in [2.75, 3.05) is 7.11 Å². The third kappa shape index (κ3) is 5.02. The molecule has 3 aromatic rings. The first-order valence-electron chi connectivity index (χ1n) is 9.43. The van der Waals surface area contributed by atoms with Crippen LogP contribution in [0.15, 0.2) is 42.6 Å². The number of benzene rings is 2. The Morgan fingerprint density at radius 3 is 2.69 bits per heavy atom. The zero-order valence-electron chi connectivity index (χ0n) is 16.7. The van der Waals surface area contributed by atoms with Crippen LogP contribution in [0.1, 0.15) is 25.0 Å². The zero-order valence-corrected chi connectivity index (χ0v) is 17.4. The molecule has 1 aromatic heterocycles. The van der Waals surface area contributed by atoms with Crippen molar-refractivity contribution in [2.24, 2.45) is 0 Å². The highest BCUT2D eigenvalue weighted by atomic mass is 35.5. The fourth-order valence-electron chi connectivity index (χ4n) is 3.28. The Bertz CT molecular complexity index is 1000. The van der Waals surface area contributed by atoms with Gasteiger partial charge in [0.05, 0.1) is 13.2 Å². The van der Waals surface area contributed by atoms with Crippen LogP contribution in [0.5, 0.6) is 11.5 Å². The Kier molecular flexibility index (Phi) is 6.67. The van der Waals surface area contributed by atoms with Gasteiger partial charge in [0.1, 0.15) is 6.04 Å². The number of aromatic nitrogens is 1. The number of halogens is 1. The molecule has 0 bridgehead atoms. The fourth-order valence-corrected chi connectivity index (χ4v) is 3.51. The van der Waals surface area contributed by atoms with Crippen molar-refractivity contribution >= 4 is 28.5 Å². The molecule has 154 valence electrons. The lowest BCUT2D eigenvalue weighted by molar-refractivity contribution is -0.139. The second kappa shape index (κ2) is 9.20. The van der Waals surface area contributed by atoms with Crippen molar-refractivity contribution in [3.8, 4) is 11.5 Å². The predicted octanol–water partition coefficient (Wildman–Crippen LogP) is 4.40. The van der Waals surface area contributed by atoms with E-state index in [0.29, 0.717) is 22.9 Å². The van der Waals surface area contributed by atoms with Gasteiger partial charge in [-0.2, -0.15) is 0 Å². The smallest absolute Gasteiger partial charge is 0.321 e. The second-order valence-corrected chi connectivity index (χ2v) is 7.53. The normalized spacial score (nSPS) is 12.3. The number of rotatable bonds is 9. The van der Waals surface area contributed by atoms with Crippen molar-refractivity contribution in [1.82, 2.24) is 10.3 Å². The molecule has 1 unspecified atom stereocenters. The summed E-state index contributed by atoms with van der Waals surface area (Å²) in [6, 6.07) is 10.5. The van der Waals surface area contributed by atoms with E-state index in [1.54, 1.807) is 19.2 Å². The van der Waals surface area contributed by atoms with Crippen molar-refractivity contribution in [1.29, 1.82) is 0 Å². The molecule has 2 aromatic carbocycles. The van der Waals surface area contributed by atoms with E-state index >= 15 is 0 Å². The van der Waals surface area contributed by atoms with Gasteiger partial charge in [-0.1, -0.05) is 29.8 Å². The molecule has 0 saturated heterocycles. The molecule has 3 N–H and O–H groups in total. The Morgan fingerprint density at radius 2 is 2.00 bits per heavy atom. The summed E-state index contributed by atoms with van der Waals surface area (Å²) in [5.74, 6) is 0.165. The van der Waals surface area contributed by atoms with E-state index in [0.717, 1.165) is 22.0 Å². The highest BCUT2D eigenvalue weighted by Gasteiger charge is 2.21. The first-order chi connectivity index (χ1) is 13.9. The molecule has 29 heavy (non-hydrogen) atoms. The van der Waals surface area contributed by atoms with E-state index in [1.165, 1.54) is 0 Å². The van der Waals surface area contributed by atoms with Gasteiger partial charge >= 0.3 is 5.97 Å². The molecular formula is C22H25ClN2O4. The third-order valence-electron chi connectivity index (χ3n) is 4.61. The number of H-pyrrole nitrogens is 1. The van der Waals surface area contributed by atoms with Crippen LogP contribution in [0, 0.1) is 0 Å². The van der Waals surface area contributed by atoms with Gasteiger partial charge in [-0.25, -0.2) is 0 Å². The number of fused-ring (bicyclic) bond motifs is 1. The number of hydrogen-bond acceptors (Lipinski definition) is 4. The number of hydrogen-bond donors (Lipinski definition) is 3. The summed E-state index contributed by atoms with van der Waals surface area (Å²) in [5, 5.41) is 14.4. The molecule has 0 radical (unpaired) electrons. The number of para-hydroxylation sites is 1. The highest BCUT2D eigenvalue weighted by Crippen LogP contribution is 2.35. The number of nitrogens with one attached hydrogen (secondary N) is 2. The average Bonchev–Trinajstić information content (AvgIpc) is 3.09. The van der Waals surface area contributed by atoms with Gasteiger partial charge in [-0.15, -0.1) is 0 Å². The molecule has 0 spiro atoms. The molecule has 0 aliphatic heterocycles. The van der Waals surface area contributed by atoms with Gasteiger partial charge in [-0.05, 0) is 31.5 Å². The molecule has 0 amide bonds. The number of ether oxygens (including phenoxy) is 2. The van der Waals surface area contributed by atoms with Crippen molar-refractivity contribution in [2.45, 2.75) is 39.0 Å². The summed E-state index contributed by atoms with van der Waals surface area (Å²) in [6.45, 7) is 4.11. The second-order valence-electron chi connectivity index (χ2n) is 7.10. The van der Waals surface area contributed by atoms with E-state index in [4.69, 9.17) is 21.1 Å². The van der Waals surface area contributed by atoms with Crippen LogP contribution < -0.4 is 14.8 Å². The summed E-state index contributed by atoms with van der Waals surface area (Å²) < 4.78 is 11.3. The quantitative estimate of drug-likeness (QED) is 0.481. The van der Waals surface area contributed by atoms with Gasteiger partial charge in [0.2, 0.25) is 0 Å². The van der Waals surface area contributed by atoms with Crippen LogP contribution in [-0.4, -0.2) is 35.3 Å².